The molecule has 80 valence electrons. The summed E-state index contributed by atoms with van der Waals surface area (Å²) >= 11 is 0. The van der Waals surface area contributed by atoms with Crippen LogP contribution in [0.3, 0.4) is 0 Å². The molecule has 0 aliphatic carbocycles. The summed E-state index contributed by atoms with van der Waals surface area (Å²) < 4.78 is 0. The van der Waals surface area contributed by atoms with E-state index in [1.54, 1.807) is 13.8 Å². The van der Waals surface area contributed by atoms with Gasteiger partial charge in [-0.05, 0) is 19.9 Å². The van der Waals surface area contributed by atoms with Crippen LogP contribution in [0.1, 0.15) is 19.4 Å². The van der Waals surface area contributed by atoms with Gasteiger partial charge < -0.3 is 10.0 Å². The number of benzene rings is 1. The number of aliphatic imine (C=N–C) groups is 1. The van der Waals surface area contributed by atoms with Crippen LogP contribution >= 0.6 is 0 Å². The Morgan fingerprint density at radius 3 is 2.67 bits per heavy atom. The van der Waals surface area contributed by atoms with E-state index in [9.17, 15) is 5.11 Å². The lowest BCUT2D eigenvalue weighted by molar-refractivity contribution is 0.0792. The Morgan fingerprint density at radius 1 is 1.33 bits per heavy atom. The summed E-state index contributed by atoms with van der Waals surface area (Å²) in [5.41, 5.74) is 1.18. The quantitative estimate of drug-likeness (QED) is 0.796. The number of hydrogen-bond donors (Lipinski definition) is 1. The molecule has 2 rings (SSSR count). The SMILES string of the molecule is CC(C)(O)c1ccccc1N1C=NCC1. The van der Waals surface area contributed by atoms with Gasteiger partial charge in [-0.15, -0.1) is 0 Å². The van der Waals surface area contributed by atoms with Crippen molar-refractivity contribution in [3.05, 3.63) is 29.8 Å². The highest BCUT2D eigenvalue weighted by molar-refractivity contribution is 5.82. The van der Waals surface area contributed by atoms with E-state index in [-0.39, 0.29) is 0 Å². The molecule has 1 aromatic rings. The lowest BCUT2D eigenvalue weighted by Crippen LogP contribution is -2.25. The van der Waals surface area contributed by atoms with Gasteiger partial charge in [-0.3, -0.25) is 4.99 Å². The molecule has 0 atom stereocenters. The van der Waals surface area contributed by atoms with Gasteiger partial charge in [-0.2, -0.15) is 0 Å². The van der Waals surface area contributed by atoms with Gasteiger partial charge in [-0.25, -0.2) is 0 Å². The third-order valence-corrected chi connectivity index (χ3v) is 2.56. The van der Waals surface area contributed by atoms with E-state index in [0.29, 0.717) is 0 Å². The van der Waals surface area contributed by atoms with Gasteiger partial charge in [0.1, 0.15) is 0 Å². The van der Waals surface area contributed by atoms with E-state index in [1.807, 2.05) is 30.6 Å². The zero-order valence-corrected chi connectivity index (χ0v) is 9.14. The van der Waals surface area contributed by atoms with Crippen molar-refractivity contribution < 1.29 is 5.11 Å². The molecule has 1 N–H and O–H groups in total. The Hall–Kier alpha value is -1.35. The molecular formula is C12H16N2O. The number of hydrogen-bond acceptors (Lipinski definition) is 3. The van der Waals surface area contributed by atoms with E-state index in [0.717, 1.165) is 24.3 Å². The smallest absolute Gasteiger partial charge is 0.0895 e. The van der Waals surface area contributed by atoms with Crippen LogP contribution in [0, 0.1) is 0 Å². The van der Waals surface area contributed by atoms with Crippen LogP contribution in [0.15, 0.2) is 29.3 Å². The van der Waals surface area contributed by atoms with Crippen LogP contribution in [0.5, 0.6) is 0 Å². The maximum atomic E-state index is 10.1. The van der Waals surface area contributed by atoms with E-state index in [4.69, 9.17) is 0 Å². The summed E-state index contributed by atoms with van der Waals surface area (Å²) in [5.74, 6) is 0. The lowest BCUT2D eigenvalue weighted by Gasteiger charge is -2.25. The van der Waals surface area contributed by atoms with Crippen LogP contribution < -0.4 is 4.90 Å². The number of rotatable bonds is 2. The van der Waals surface area contributed by atoms with Crippen molar-refractivity contribution in [2.24, 2.45) is 4.99 Å². The largest absolute Gasteiger partial charge is 0.386 e. The predicted molar refractivity (Wildman–Crippen MR) is 62.4 cm³/mol. The zero-order chi connectivity index (χ0) is 10.9. The monoisotopic (exact) mass is 204 g/mol. The topological polar surface area (TPSA) is 35.8 Å². The molecule has 0 saturated heterocycles. The third-order valence-electron chi connectivity index (χ3n) is 2.56. The van der Waals surface area contributed by atoms with Gasteiger partial charge in [0, 0.05) is 17.8 Å². The van der Waals surface area contributed by atoms with E-state index >= 15 is 0 Å². The molecule has 0 spiro atoms. The minimum Gasteiger partial charge on any atom is -0.386 e. The maximum Gasteiger partial charge on any atom is 0.0895 e. The first kappa shape index (κ1) is 10.2. The first-order valence-electron chi connectivity index (χ1n) is 5.17. The summed E-state index contributed by atoms with van der Waals surface area (Å²) in [7, 11) is 0. The molecule has 0 amide bonds. The van der Waals surface area contributed by atoms with Gasteiger partial charge in [0.25, 0.3) is 0 Å². The maximum absolute atomic E-state index is 10.1. The number of nitrogens with zero attached hydrogens (tertiary/aromatic N) is 2. The van der Waals surface area contributed by atoms with Crippen molar-refractivity contribution in [1.29, 1.82) is 0 Å². The molecule has 0 unspecified atom stereocenters. The van der Waals surface area contributed by atoms with E-state index in [1.165, 1.54) is 0 Å². The van der Waals surface area contributed by atoms with Gasteiger partial charge >= 0.3 is 0 Å². The summed E-state index contributed by atoms with van der Waals surface area (Å²) in [6, 6.07) is 7.91. The summed E-state index contributed by atoms with van der Waals surface area (Å²) in [6.45, 7) is 5.34. The van der Waals surface area contributed by atoms with Gasteiger partial charge in [0.05, 0.1) is 18.5 Å². The molecule has 1 heterocycles. The highest BCUT2D eigenvalue weighted by atomic mass is 16.3. The second-order valence-corrected chi connectivity index (χ2v) is 4.29. The molecule has 1 aliphatic heterocycles. The predicted octanol–water partition coefficient (Wildman–Crippen LogP) is 1.76. The molecule has 15 heavy (non-hydrogen) atoms. The minimum atomic E-state index is -0.812. The summed E-state index contributed by atoms with van der Waals surface area (Å²) in [6.07, 6.45) is 1.84. The average molecular weight is 204 g/mol. The Kier molecular flexibility index (Phi) is 2.49. The Labute approximate surface area is 90.1 Å². The van der Waals surface area contributed by atoms with Crippen LogP contribution in [0.4, 0.5) is 5.69 Å². The van der Waals surface area contributed by atoms with Crippen molar-refractivity contribution in [3.63, 3.8) is 0 Å². The highest BCUT2D eigenvalue weighted by Gasteiger charge is 2.22. The fourth-order valence-electron chi connectivity index (χ4n) is 1.80. The van der Waals surface area contributed by atoms with Crippen LogP contribution in [-0.4, -0.2) is 24.5 Å². The fraction of sp³-hybridized carbons (Fsp3) is 0.417. The average Bonchev–Trinajstić information content (AvgIpc) is 2.69. The second-order valence-electron chi connectivity index (χ2n) is 4.29. The first-order chi connectivity index (χ1) is 7.09. The highest BCUT2D eigenvalue weighted by Crippen LogP contribution is 2.30. The van der Waals surface area contributed by atoms with Crippen molar-refractivity contribution in [2.75, 3.05) is 18.0 Å². The third kappa shape index (κ3) is 2.02. The van der Waals surface area contributed by atoms with Crippen LogP contribution in [0.25, 0.3) is 0 Å². The lowest BCUT2D eigenvalue weighted by atomic mass is 9.96. The first-order valence-corrected chi connectivity index (χ1v) is 5.17. The molecule has 0 bridgehead atoms. The fourth-order valence-corrected chi connectivity index (χ4v) is 1.80. The van der Waals surface area contributed by atoms with Crippen molar-refractivity contribution in [1.82, 2.24) is 0 Å². The molecule has 1 aromatic carbocycles. The van der Waals surface area contributed by atoms with Crippen LogP contribution in [0.2, 0.25) is 0 Å². The number of para-hydroxylation sites is 1. The Morgan fingerprint density at radius 2 is 2.07 bits per heavy atom. The van der Waals surface area contributed by atoms with Crippen molar-refractivity contribution >= 4 is 12.0 Å². The minimum absolute atomic E-state index is 0.812. The summed E-state index contributed by atoms with van der Waals surface area (Å²) in [4.78, 5) is 6.26. The molecule has 1 aliphatic rings. The van der Waals surface area contributed by atoms with Crippen LogP contribution in [-0.2, 0) is 5.60 Å². The molecular weight excluding hydrogens is 188 g/mol. The second kappa shape index (κ2) is 3.66. The van der Waals surface area contributed by atoms with Gasteiger partial charge in [0.15, 0.2) is 0 Å². The molecule has 0 aromatic heterocycles. The molecule has 3 nitrogen and oxygen atoms in total. The Bertz CT molecular complexity index is 379. The molecule has 0 fully saturated rings. The van der Waals surface area contributed by atoms with E-state index < -0.39 is 5.60 Å². The summed E-state index contributed by atoms with van der Waals surface area (Å²) in [5, 5.41) is 10.1. The zero-order valence-electron chi connectivity index (χ0n) is 9.14. The van der Waals surface area contributed by atoms with Gasteiger partial charge in [-0.1, -0.05) is 18.2 Å². The van der Waals surface area contributed by atoms with E-state index in [2.05, 4.69) is 9.89 Å². The number of aliphatic hydroxyl groups is 1. The molecule has 0 radical (unpaired) electrons. The van der Waals surface area contributed by atoms with Crippen molar-refractivity contribution in [2.45, 2.75) is 19.4 Å². The van der Waals surface area contributed by atoms with Crippen molar-refractivity contribution in [3.8, 4) is 0 Å². The normalized spacial score (nSPS) is 16.1. The molecule has 0 saturated carbocycles. The Balaban J connectivity index is 2.42. The number of anilines is 1. The molecule has 3 heteroatoms. The van der Waals surface area contributed by atoms with Gasteiger partial charge in [0.2, 0.25) is 0 Å². The standard InChI is InChI=1S/C12H16N2O/c1-12(2,15)10-5-3-4-6-11(10)14-8-7-13-9-14/h3-6,9,15H,7-8H2,1-2H3.